The van der Waals surface area contributed by atoms with Crippen LogP contribution in [-0.2, 0) is 25.6 Å². The topological polar surface area (TPSA) is 317 Å². The third kappa shape index (κ3) is 19.4. The first-order valence-electron chi connectivity index (χ1n) is 19.0. The smallest absolute Gasteiger partial charge is 0.246 e. The number of amides is 4. The van der Waals surface area contributed by atoms with Gasteiger partial charge in [-0.05, 0) is 95.4 Å². The van der Waals surface area contributed by atoms with Crippen molar-refractivity contribution in [3.8, 4) is 5.75 Å². The van der Waals surface area contributed by atoms with E-state index in [1.165, 1.54) is 19.1 Å². The molecule has 17 N–H and O–H groups in total. The van der Waals surface area contributed by atoms with E-state index >= 15 is 0 Å². The van der Waals surface area contributed by atoms with Crippen LogP contribution in [0.15, 0.2) is 34.3 Å². The number of aromatic hydroxyl groups is 1. The van der Waals surface area contributed by atoms with Gasteiger partial charge in [-0.25, -0.2) is 0 Å². The van der Waals surface area contributed by atoms with Gasteiger partial charge in [-0.1, -0.05) is 51.7 Å². The number of nitrogens with one attached hydrogen (secondary N) is 4. The SMILES string of the molecule is CC(C)C[C@@H](NC(=O)[C@](C)(CCCN=C(N)N)NC(=O)[C@H](CCCN=C(N)N)NC(=O)[C@@](C)(N)Cc1ccc(O)cc1)C(=O)NCCCCCCCCN. The maximum absolute atomic E-state index is 14.1. The van der Waals surface area contributed by atoms with Crippen molar-refractivity contribution < 1.29 is 24.3 Å². The summed E-state index contributed by atoms with van der Waals surface area (Å²) in [7, 11) is 0. The standard InChI is InChI=1S/C37H68N12O5/c1-25(2)23-29(30(51)44-20-10-8-6-5-7-9-19-38)48-33(54)37(4,18-12-22-46-35(41)42)49-31(52)28(13-11-21-45-34(39)40)47-32(53)36(3,43)24-26-14-16-27(50)17-15-26/h14-17,25,28-29,50H,5-13,18-24,38,43H2,1-4H3,(H,44,51)(H,47,53)(H,48,54)(H,49,52)(H4,39,40,45)(H4,41,42,46)/t28-,29+,36-,37-/m0/s1. The number of nitrogens with two attached hydrogens (primary N) is 6. The number of guanidine groups is 2. The lowest BCUT2D eigenvalue weighted by molar-refractivity contribution is -0.138. The lowest BCUT2D eigenvalue weighted by Crippen LogP contribution is -2.64. The Balaban J connectivity index is 3.25. The summed E-state index contributed by atoms with van der Waals surface area (Å²) in [6.07, 6.45) is 7.33. The first-order chi connectivity index (χ1) is 25.4. The first-order valence-corrected chi connectivity index (χ1v) is 19.0. The number of benzene rings is 1. The Kier molecular flexibility index (Phi) is 21.6. The van der Waals surface area contributed by atoms with Gasteiger partial charge in [-0.2, -0.15) is 0 Å². The predicted molar refractivity (Wildman–Crippen MR) is 214 cm³/mol. The van der Waals surface area contributed by atoms with Crippen LogP contribution in [0.4, 0.5) is 0 Å². The Morgan fingerprint density at radius 2 is 1.31 bits per heavy atom. The fraction of sp³-hybridized carbons (Fsp3) is 0.676. The molecule has 17 nitrogen and oxygen atoms in total. The summed E-state index contributed by atoms with van der Waals surface area (Å²) < 4.78 is 0. The molecule has 0 radical (unpaired) electrons. The number of nitrogens with zero attached hydrogens (tertiary/aromatic N) is 2. The molecule has 306 valence electrons. The minimum Gasteiger partial charge on any atom is -0.508 e. The van der Waals surface area contributed by atoms with Gasteiger partial charge >= 0.3 is 0 Å². The van der Waals surface area contributed by atoms with E-state index in [-0.39, 0.29) is 61.8 Å². The average molecular weight is 761 g/mol. The molecule has 0 aliphatic carbocycles. The van der Waals surface area contributed by atoms with Crippen molar-refractivity contribution in [1.82, 2.24) is 21.3 Å². The number of unbranched alkanes of at least 4 members (excludes halogenated alkanes) is 5. The molecule has 1 aromatic rings. The Hall–Kier alpha value is -4.64. The van der Waals surface area contributed by atoms with Crippen molar-refractivity contribution in [3.63, 3.8) is 0 Å². The molecule has 0 fully saturated rings. The van der Waals surface area contributed by atoms with Crippen molar-refractivity contribution in [2.75, 3.05) is 26.2 Å². The summed E-state index contributed by atoms with van der Waals surface area (Å²) in [6, 6.07) is 4.29. The van der Waals surface area contributed by atoms with E-state index in [9.17, 15) is 24.3 Å². The van der Waals surface area contributed by atoms with Crippen molar-refractivity contribution in [2.45, 2.75) is 128 Å². The highest BCUT2D eigenvalue weighted by Gasteiger charge is 2.39. The second-order valence-electron chi connectivity index (χ2n) is 14.8. The van der Waals surface area contributed by atoms with Gasteiger partial charge in [0, 0.05) is 19.6 Å². The van der Waals surface area contributed by atoms with Crippen molar-refractivity contribution in [3.05, 3.63) is 29.8 Å². The van der Waals surface area contributed by atoms with Crippen LogP contribution in [0.2, 0.25) is 0 Å². The molecular weight excluding hydrogens is 692 g/mol. The zero-order valence-electron chi connectivity index (χ0n) is 32.8. The number of aliphatic imine (C=N–C) groups is 2. The van der Waals surface area contributed by atoms with Gasteiger partial charge in [-0.3, -0.25) is 29.2 Å². The van der Waals surface area contributed by atoms with E-state index in [1.54, 1.807) is 19.1 Å². The molecule has 4 amide bonds. The van der Waals surface area contributed by atoms with Crippen LogP contribution in [0.25, 0.3) is 0 Å². The molecule has 0 spiro atoms. The van der Waals surface area contributed by atoms with Crippen LogP contribution in [0.1, 0.15) is 104 Å². The fourth-order valence-electron chi connectivity index (χ4n) is 5.78. The first kappa shape index (κ1) is 47.4. The summed E-state index contributed by atoms with van der Waals surface area (Å²) in [5.41, 5.74) is 31.7. The largest absolute Gasteiger partial charge is 0.508 e. The number of phenols is 1. The third-order valence-corrected chi connectivity index (χ3v) is 8.88. The molecule has 1 aromatic carbocycles. The number of hydrogen-bond donors (Lipinski definition) is 11. The van der Waals surface area contributed by atoms with E-state index < -0.39 is 40.9 Å². The van der Waals surface area contributed by atoms with Crippen molar-refractivity contribution in [2.24, 2.45) is 50.3 Å². The van der Waals surface area contributed by atoms with E-state index in [0.29, 0.717) is 37.9 Å². The highest BCUT2D eigenvalue weighted by molar-refractivity contribution is 5.97. The number of phenolic OH excluding ortho intramolecular Hbond substituents is 1. The lowest BCUT2D eigenvalue weighted by Gasteiger charge is -2.34. The zero-order chi connectivity index (χ0) is 40.7. The zero-order valence-corrected chi connectivity index (χ0v) is 32.8. The maximum atomic E-state index is 14.1. The normalized spacial score (nSPS) is 14.4. The van der Waals surface area contributed by atoms with Crippen LogP contribution < -0.4 is 55.7 Å². The van der Waals surface area contributed by atoms with Gasteiger partial charge < -0.3 is 60.8 Å². The number of rotatable bonds is 27. The highest BCUT2D eigenvalue weighted by Crippen LogP contribution is 2.19. The molecule has 0 aliphatic heterocycles. The van der Waals surface area contributed by atoms with Crippen LogP contribution in [0, 0.1) is 5.92 Å². The van der Waals surface area contributed by atoms with Crippen molar-refractivity contribution in [1.29, 1.82) is 0 Å². The Labute approximate surface area is 320 Å². The molecule has 4 atom stereocenters. The van der Waals surface area contributed by atoms with E-state index in [2.05, 4.69) is 31.3 Å². The van der Waals surface area contributed by atoms with E-state index in [4.69, 9.17) is 34.4 Å². The lowest BCUT2D eigenvalue weighted by atomic mass is 9.91. The summed E-state index contributed by atoms with van der Waals surface area (Å²) in [4.78, 5) is 63.1. The Morgan fingerprint density at radius 1 is 0.759 bits per heavy atom. The predicted octanol–water partition coefficient (Wildman–Crippen LogP) is 0.0654. The summed E-state index contributed by atoms with van der Waals surface area (Å²) in [6.45, 7) is 8.53. The van der Waals surface area contributed by atoms with Crippen LogP contribution in [0.5, 0.6) is 5.75 Å². The van der Waals surface area contributed by atoms with E-state index in [1.807, 2.05) is 13.8 Å². The second kappa shape index (κ2) is 24.6. The third-order valence-electron chi connectivity index (χ3n) is 8.88. The second-order valence-corrected chi connectivity index (χ2v) is 14.8. The molecule has 17 heteroatoms. The molecular formula is C37H68N12O5. The van der Waals surface area contributed by atoms with Gasteiger partial charge in [-0.15, -0.1) is 0 Å². The number of carbonyl (C=O) groups is 4. The monoisotopic (exact) mass is 761 g/mol. The van der Waals surface area contributed by atoms with Gasteiger partial charge in [0.05, 0.1) is 5.54 Å². The quantitative estimate of drug-likeness (QED) is 0.0324. The minimum absolute atomic E-state index is 0.0706. The minimum atomic E-state index is -1.55. The molecule has 54 heavy (non-hydrogen) atoms. The average Bonchev–Trinajstić information content (AvgIpc) is 3.09. The molecule has 0 aromatic heterocycles. The van der Waals surface area contributed by atoms with Crippen LogP contribution in [-0.4, -0.2) is 90.0 Å². The fourth-order valence-corrected chi connectivity index (χ4v) is 5.78. The van der Waals surface area contributed by atoms with Crippen LogP contribution in [0.3, 0.4) is 0 Å². The summed E-state index contributed by atoms with van der Waals surface area (Å²) in [5, 5.41) is 21.1. The molecule has 0 saturated heterocycles. The molecule has 0 saturated carbocycles. The Morgan fingerprint density at radius 3 is 1.89 bits per heavy atom. The number of hydrogen-bond acceptors (Lipinski definition) is 9. The molecule has 1 rings (SSSR count). The molecule has 0 unspecified atom stereocenters. The van der Waals surface area contributed by atoms with Gasteiger partial charge in [0.15, 0.2) is 11.9 Å². The van der Waals surface area contributed by atoms with Gasteiger partial charge in [0.1, 0.15) is 23.4 Å². The van der Waals surface area contributed by atoms with Crippen LogP contribution >= 0.6 is 0 Å². The molecule has 0 aliphatic rings. The summed E-state index contributed by atoms with van der Waals surface area (Å²) >= 11 is 0. The van der Waals surface area contributed by atoms with Crippen molar-refractivity contribution >= 4 is 35.5 Å². The van der Waals surface area contributed by atoms with E-state index in [0.717, 1.165) is 38.5 Å². The molecule has 0 heterocycles. The summed E-state index contributed by atoms with van der Waals surface area (Å²) in [5.74, 6) is -2.24. The van der Waals surface area contributed by atoms with Gasteiger partial charge in [0.25, 0.3) is 0 Å². The maximum Gasteiger partial charge on any atom is 0.246 e. The highest BCUT2D eigenvalue weighted by atomic mass is 16.3. The van der Waals surface area contributed by atoms with Gasteiger partial charge in [0.2, 0.25) is 23.6 Å². The molecule has 0 bridgehead atoms. The number of carbonyl (C=O) groups excluding carboxylic acids is 4. The Bertz CT molecular complexity index is 1360.